The number of benzene rings is 2. The zero-order chi connectivity index (χ0) is 22.5. The first-order chi connectivity index (χ1) is 15.5. The van der Waals surface area contributed by atoms with E-state index in [1.165, 1.54) is 0 Å². The molecule has 0 saturated carbocycles. The molecule has 3 heterocycles. The molecule has 5 rings (SSSR count). The SMILES string of the molecule is CCOC(=O)c1ccc(NC(=O)[C@H]2C[C@H]3CCCN3[C@]23C(=O)Nc2c(C)cccc23)cc1. The third-order valence-corrected chi connectivity index (χ3v) is 7.09. The van der Waals surface area contributed by atoms with E-state index in [0.29, 0.717) is 24.3 Å². The molecular weight excluding hydrogens is 406 g/mol. The number of anilines is 2. The van der Waals surface area contributed by atoms with E-state index in [2.05, 4.69) is 15.5 Å². The number of hydrogen-bond donors (Lipinski definition) is 2. The first-order valence-electron chi connectivity index (χ1n) is 11.2. The Labute approximate surface area is 187 Å². The van der Waals surface area contributed by atoms with Crippen LogP contribution in [0.3, 0.4) is 0 Å². The van der Waals surface area contributed by atoms with Gasteiger partial charge in [0.15, 0.2) is 0 Å². The smallest absolute Gasteiger partial charge is 0.338 e. The lowest BCUT2D eigenvalue weighted by molar-refractivity contribution is -0.135. The largest absolute Gasteiger partial charge is 0.462 e. The molecule has 2 saturated heterocycles. The summed E-state index contributed by atoms with van der Waals surface area (Å²) in [5.74, 6) is -1.17. The molecule has 3 atom stereocenters. The molecule has 2 amide bonds. The van der Waals surface area contributed by atoms with Crippen molar-refractivity contribution in [2.24, 2.45) is 5.92 Å². The second-order valence-electron chi connectivity index (χ2n) is 8.78. The van der Waals surface area contributed by atoms with Gasteiger partial charge in [-0.15, -0.1) is 0 Å². The summed E-state index contributed by atoms with van der Waals surface area (Å²) in [7, 11) is 0. The van der Waals surface area contributed by atoms with Crippen molar-refractivity contribution in [1.29, 1.82) is 0 Å². The number of para-hydroxylation sites is 1. The van der Waals surface area contributed by atoms with E-state index >= 15 is 0 Å². The number of ether oxygens (including phenoxy) is 1. The van der Waals surface area contributed by atoms with Gasteiger partial charge in [-0.2, -0.15) is 0 Å². The van der Waals surface area contributed by atoms with Crippen LogP contribution < -0.4 is 10.6 Å². The summed E-state index contributed by atoms with van der Waals surface area (Å²) in [6.45, 7) is 4.86. The van der Waals surface area contributed by atoms with Gasteiger partial charge in [-0.1, -0.05) is 18.2 Å². The molecule has 0 aliphatic carbocycles. The zero-order valence-electron chi connectivity index (χ0n) is 18.3. The third-order valence-electron chi connectivity index (χ3n) is 7.09. The fourth-order valence-corrected chi connectivity index (χ4v) is 5.73. The number of amides is 2. The van der Waals surface area contributed by atoms with E-state index in [1.54, 1.807) is 31.2 Å². The van der Waals surface area contributed by atoms with Crippen molar-refractivity contribution in [2.45, 2.75) is 44.7 Å². The molecular formula is C25H27N3O4. The number of hydrogen-bond acceptors (Lipinski definition) is 5. The van der Waals surface area contributed by atoms with E-state index in [-0.39, 0.29) is 17.9 Å². The van der Waals surface area contributed by atoms with Gasteiger partial charge in [0, 0.05) is 23.0 Å². The number of carbonyl (C=O) groups excluding carboxylic acids is 3. The van der Waals surface area contributed by atoms with Crippen molar-refractivity contribution in [3.8, 4) is 0 Å². The highest BCUT2D eigenvalue weighted by Gasteiger charge is 2.65. The minimum absolute atomic E-state index is 0.107. The molecule has 3 aliphatic heterocycles. The molecule has 1 spiro atoms. The van der Waals surface area contributed by atoms with E-state index in [4.69, 9.17) is 4.74 Å². The van der Waals surface area contributed by atoms with Crippen LogP contribution >= 0.6 is 0 Å². The summed E-state index contributed by atoms with van der Waals surface area (Å²) in [6, 6.07) is 12.8. The third kappa shape index (κ3) is 2.95. The molecule has 2 aromatic carbocycles. The highest BCUT2D eigenvalue weighted by molar-refractivity contribution is 6.11. The van der Waals surface area contributed by atoms with Gasteiger partial charge in [0.25, 0.3) is 0 Å². The topological polar surface area (TPSA) is 87.7 Å². The summed E-state index contributed by atoms with van der Waals surface area (Å²) in [6.07, 6.45) is 2.67. The first-order valence-corrected chi connectivity index (χ1v) is 11.2. The molecule has 0 bridgehead atoms. The second-order valence-corrected chi connectivity index (χ2v) is 8.78. The Morgan fingerprint density at radius 3 is 2.75 bits per heavy atom. The van der Waals surface area contributed by atoms with Gasteiger partial charge in [-0.3, -0.25) is 14.5 Å². The molecule has 0 radical (unpaired) electrons. The summed E-state index contributed by atoms with van der Waals surface area (Å²) in [4.78, 5) is 41.2. The van der Waals surface area contributed by atoms with Crippen molar-refractivity contribution in [2.75, 3.05) is 23.8 Å². The van der Waals surface area contributed by atoms with Gasteiger partial charge in [-0.25, -0.2) is 4.79 Å². The maximum absolute atomic E-state index is 13.6. The maximum atomic E-state index is 13.6. The Kier molecular flexibility index (Phi) is 5.01. The van der Waals surface area contributed by atoms with Crippen LogP contribution in [0.15, 0.2) is 42.5 Å². The van der Waals surface area contributed by atoms with Gasteiger partial charge >= 0.3 is 5.97 Å². The molecule has 7 nitrogen and oxygen atoms in total. The van der Waals surface area contributed by atoms with E-state index in [9.17, 15) is 14.4 Å². The average Bonchev–Trinajstić information content (AvgIpc) is 3.44. The molecule has 7 heteroatoms. The number of carbonyl (C=O) groups is 3. The van der Waals surface area contributed by atoms with Gasteiger partial charge < -0.3 is 15.4 Å². The normalized spacial score (nSPS) is 26.0. The highest BCUT2D eigenvalue weighted by Crippen LogP contribution is 2.56. The Balaban J connectivity index is 1.47. The van der Waals surface area contributed by atoms with E-state index in [1.807, 2.05) is 25.1 Å². The number of rotatable bonds is 4. The van der Waals surface area contributed by atoms with Crippen LogP contribution in [0.25, 0.3) is 0 Å². The Morgan fingerprint density at radius 1 is 1.22 bits per heavy atom. The minimum atomic E-state index is -0.975. The van der Waals surface area contributed by atoms with Gasteiger partial charge in [0.1, 0.15) is 5.54 Å². The molecule has 2 fully saturated rings. The van der Waals surface area contributed by atoms with Crippen molar-refractivity contribution in [3.05, 3.63) is 59.2 Å². The molecule has 2 aromatic rings. The Bertz CT molecular complexity index is 1100. The van der Waals surface area contributed by atoms with Crippen LogP contribution in [0.1, 0.15) is 47.7 Å². The average molecular weight is 434 g/mol. The van der Waals surface area contributed by atoms with Gasteiger partial charge in [-0.05, 0) is 69.5 Å². The fraction of sp³-hybridized carbons (Fsp3) is 0.400. The number of nitrogens with zero attached hydrogens (tertiary/aromatic N) is 1. The number of esters is 1. The predicted molar refractivity (Wildman–Crippen MR) is 120 cm³/mol. The van der Waals surface area contributed by atoms with Crippen LogP contribution in [-0.4, -0.2) is 41.9 Å². The lowest BCUT2D eigenvalue weighted by Gasteiger charge is -2.36. The second kappa shape index (κ2) is 7.74. The number of fused-ring (bicyclic) bond motifs is 4. The molecule has 32 heavy (non-hydrogen) atoms. The van der Waals surface area contributed by atoms with Crippen LogP contribution in [0.5, 0.6) is 0 Å². The van der Waals surface area contributed by atoms with E-state index in [0.717, 1.165) is 36.2 Å². The van der Waals surface area contributed by atoms with Gasteiger partial charge in [0.05, 0.1) is 18.1 Å². The fourth-order valence-electron chi connectivity index (χ4n) is 5.73. The monoisotopic (exact) mass is 433 g/mol. The molecule has 0 aromatic heterocycles. The number of aryl methyl sites for hydroxylation is 1. The summed E-state index contributed by atoms with van der Waals surface area (Å²) in [5, 5.41) is 6.07. The molecule has 2 N–H and O–H groups in total. The molecule has 166 valence electrons. The summed E-state index contributed by atoms with van der Waals surface area (Å²) >= 11 is 0. The van der Waals surface area contributed by atoms with Crippen molar-refractivity contribution in [3.63, 3.8) is 0 Å². The molecule has 0 unspecified atom stereocenters. The standard InChI is InChI=1S/C25H27N3O4/c1-3-32-23(30)16-9-11-17(12-10-16)26-22(29)20-14-18-7-5-13-28(18)25(20)19-8-4-6-15(2)21(19)27-24(25)31/h4,6,8-12,18,20H,3,5,7,13-14H2,1-2H3,(H,26,29)(H,27,31)/t18-,20-,25+/m1/s1. The van der Waals surface area contributed by atoms with Crippen molar-refractivity contribution in [1.82, 2.24) is 4.90 Å². The van der Waals surface area contributed by atoms with Crippen LogP contribution in [0, 0.1) is 12.8 Å². The van der Waals surface area contributed by atoms with Crippen LogP contribution in [-0.2, 0) is 19.9 Å². The summed E-state index contributed by atoms with van der Waals surface area (Å²) < 4.78 is 5.01. The van der Waals surface area contributed by atoms with Gasteiger partial charge in [0.2, 0.25) is 11.8 Å². The minimum Gasteiger partial charge on any atom is -0.462 e. The predicted octanol–water partition coefficient (Wildman–Crippen LogP) is 3.44. The quantitative estimate of drug-likeness (QED) is 0.722. The van der Waals surface area contributed by atoms with E-state index < -0.39 is 17.4 Å². The lowest BCUT2D eigenvalue weighted by Crippen LogP contribution is -2.53. The Hall–Kier alpha value is -3.19. The zero-order valence-corrected chi connectivity index (χ0v) is 18.3. The molecule has 3 aliphatic rings. The maximum Gasteiger partial charge on any atom is 0.338 e. The highest BCUT2D eigenvalue weighted by atomic mass is 16.5. The van der Waals surface area contributed by atoms with Crippen molar-refractivity contribution < 1.29 is 19.1 Å². The number of nitrogens with one attached hydrogen (secondary N) is 2. The van der Waals surface area contributed by atoms with Crippen LogP contribution in [0.2, 0.25) is 0 Å². The summed E-state index contributed by atoms with van der Waals surface area (Å²) in [5.41, 5.74) is 2.79. The van der Waals surface area contributed by atoms with Crippen LogP contribution in [0.4, 0.5) is 11.4 Å². The first kappa shape index (κ1) is 20.7. The Morgan fingerprint density at radius 2 is 2.00 bits per heavy atom. The lowest BCUT2D eigenvalue weighted by atomic mass is 9.78. The van der Waals surface area contributed by atoms with Crippen molar-refractivity contribution >= 4 is 29.2 Å².